The van der Waals surface area contributed by atoms with E-state index in [0.717, 1.165) is 11.6 Å². The molecule has 3 aliphatic rings. The smallest absolute Gasteiger partial charge is 0.408 e. The summed E-state index contributed by atoms with van der Waals surface area (Å²) in [4.78, 5) is 23.8. The molecular weight excluding hydrogens is 368 g/mol. The quantitative estimate of drug-likeness (QED) is 0.791. The highest BCUT2D eigenvalue weighted by atomic mass is 19.1. The molecule has 2 N–H and O–H groups in total. The zero-order valence-corrected chi connectivity index (χ0v) is 15.0. The lowest BCUT2D eigenvalue weighted by Crippen LogP contribution is -2.73. The summed E-state index contributed by atoms with van der Waals surface area (Å²) in [6.45, 7) is 0.0384. The maximum Gasteiger partial charge on any atom is 0.408 e. The molecule has 2 aromatic rings. The lowest BCUT2D eigenvalue weighted by Gasteiger charge is -2.72. The number of halogens is 2. The van der Waals surface area contributed by atoms with E-state index < -0.39 is 40.6 Å². The normalized spacial score (nSPS) is 25.8. The van der Waals surface area contributed by atoms with E-state index in [1.807, 2.05) is 18.2 Å². The van der Waals surface area contributed by atoms with Crippen molar-refractivity contribution in [3.63, 3.8) is 0 Å². The van der Waals surface area contributed by atoms with Gasteiger partial charge in [0.2, 0.25) is 0 Å². The fraction of sp³-hybridized carbons (Fsp3) is 0.333. The second kappa shape index (κ2) is 6.58. The van der Waals surface area contributed by atoms with E-state index in [0.29, 0.717) is 24.8 Å². The topological polar surface area (TPSA) is 75.6 Å². The molecule has 146 valence electrons. The standard InChI is InChI=1S/C21H19F2NO4/c22-14-6-7-15(16(23)8-14)20-10-21(11-20,12-20)17(18(25)26)24-19(27)28-9-13-4-2-1-3-5-13/h1-8,17H,9-12H2,(H,24,27)(H,25,26). The molecule has 0 heterocycles. The monoisotopic (exact) mass is 387 g/mol. The minimum absolute atomic E-state index is 0.0384. The highest BCUT2D eigenvalue weighted by Gasteiger charge is 2.73. The van der Waals surface area contributed by atoms with Crippen LogP contribution < -0.4 is 5.32 Å². The Morgan fingerprint density at radius 2 is 1.79 bits per heavy atom. The van der Waals surface area contributed by atoms with Crippen molar-refractivity contribution in [2.75, 3.05) is 0 Å². The molecule has 5 rings (SSSR count). The van der Waals surface area contributed by atoms with Gasteiger partial charge in [0.1, 0.15) is 24.3 Å². The summed E-state index contributed by atoms with van der Waals surface area (Å²) >= 11 is 0. The van der Waals surface area contributed by atoms with Gasteiger partial charge >= 0.3 is 12.1 Å². The van der Waals surface area contributed by atoms with Crippen LogP contribution in [0.5, 0.6) is 0 Å². The molecule has 0 aliphatic heterocycles. The molecule has 1 atom stereocenters. The Hall–Kier alpha value is -2.96. The van der Waals surface area contributed by atoms with Crippen LogP contribution in [-0.2, 0) is 21.6 Å². The number of carbonyl (C=O) groups is 2. The number of hydrogen-bond acceptors (Lipinski definition) is 3. The summed E-state index contributed by atoms with van der Waals surface area (Å²) in [5.74, 6) is -2.41. The lowest BCUT2D eigenvalue weighted by molar-refractivity contribution is -0.183. The Bertz CT molecular complexity index is 911. The first-order valence-electron chi connectivity index (χ1n) is 8.99. The molecule has 3 saturated carbocycles. The van der Waals surface area contributed by atoms with E-state index in [4.69, 9.17) is 4.74 Å². The second-order valence-electron chi connectivity index (χ2n) is 7.77. The van der Waals surface area contributed by atoms with Gasteiger partial charge in [-0.05, 0) is 36.5 Å². The molecule has 0 radical (unpaired) electrons. The Balaban J connectivity index is 1.39. The molecule has 0 aromatic heterocycles. The van der Waals surface area contributed by atoms with Gasteiger partial charge in [-0.2, -0.15) is 0 Å². The van der Waals surface area contributed by atoms with Gasteiger partial charge in [0.15, 0.2) is 0 Å². The fourth-order valence-electron chi connectivity index (χ4n) is 4.74. The zero-order chi connectivity index (χ0) is 19.9. The number of alkyl carbamates (subject to hydrolysis) is 1. The first kappa shape index (κ1) is 18.4. The van der Waals surface area contributed by atoms with Crippen LogP contribution in [0.25, 0.3) is 0 Å². The highest BCUT2D eigenvalue weighted by Crippen LogP contribution is 2.75. The van der Waals surface area contributed by atoms with Crippen molar-refractivity contribution in [1.82, 2.24) is 5.32 Å². The first-order valence-corrected chi connectivity index (χ1v) is 8.99. The molecule has 3 aliphatic carbocycles. The third-order valence-corrected chi connectivity index (χ3v) is 5.91. The fourth-order valence-corrected chi connectivity index (χ4v) is 4.74. The predicted octanol–water partition coefficient (Wildman–Crippen LogP) is 3.77. The third kappa shape index (κ3) is 3.00. The number of carboxylic acids is 1. The van der Waals surface area contributed by atoms with Crippen molar-refractivity contribution in [2.45, 2.75) is 37.3 Å². The Kier molecular flexibility index (Phi) is 4.33. The number of nitrogens with one attached hydrogen (secondary N) is 1. The minimum atomic E-state index is -1.15. The summed E-state index contributed by atoms with van der Waals surface area (Å²) in [6, 6.07) is 11.4. The van der Waals surface area contributed by atoms with Gasteiger partial charge in [-0.1, -0.05) is 36.4 Å². The number of carbonyl (C=O) groups excluding carboxylic acids is 1. The molecule has 0 saturated heterocycles. The number of ether oxygens (including phenoxy) is 1. The van der Waals surface area contributed by atoms with E-state index in [1.165, 1.54) is 12.1 Å². The largest absolute Gasteiger partial charge is 0.480 e. The predicted molar refractivity (Wildman–Crippen MR) is 95.5 cm³/mol. The van der Waals surface area contributed by atoms with Gasteiger partial charge in [-0.3, -0.25) is 0 Å². The molecule has 5 nitrogen and oxygen atoms in total. The molecule has 7 heteroatoms. The molecule has 1 unspecified atom stereocenters. The maximum absolute atomic E-state index is 14.1. The molecular formula is C21H19F2NO4. The first-order chi connectivity index (χ1) is 13.3. The number of rotatable bonds is 6. The second-order valence-corrected chi connectivity index (χ2v) is 7.77. The number of benzene rings is 2. The van der Waals surface area contributed by atoms with Crippen molar-refractivity contribution in [3.8, 4) is 0 Å². The SMILES string of the molecule is O=C(NC(C(=O)O)C12CC(c3ccc(F)cc3F)(C1)C2)OCc1ccccc1. The molecule has 28 heavy (non-hydrogen) atoms. The van der Waals surface area contributed by atoms with E-state index in [-0.39, 0.29) is 6.61 Å². The molecule has 2 bridgehead atoms. The zero-order valence-electron chi connectivity index (χ0n) is 15.0. The average molecular weight is 387 g/mol. The number of hydrogen-bond donors (Lipinski definition) is 2. The summed E-state index contributed by atoms with van der Waals surface area (Å²) < 4.78 is 32.4. The Labute approximate surface area is 160 Å². The van der Waals surface area contributed by atoms with Crippen molar-refractivity contribution in [3.05, 3.63) is 71.3 Å². The Morgan fingerprint density at radius 1 is 1.11 bits per heavy atom. The van der Waals surface area contributed by atoms with Gasteiger partial charge in [-0.25, -0.2) is 18.4 Å². The number of aliphatic carboxylic acids is 1. The third-order valence-electron chi connectivity index (χ3n) is 5.91. The van der Waals surface area contributed by atoms with E-state index >= 15 is 0 Å². The molecule has 2 aromatic carbocycles. The van der Waals surface area contributed by atoms with E-state index in [9.17, 15) is 23.5 Å². The van der Waals surface area contributed by atoms with Gasteiger partial charge in [0.05, 0.1) is 0 Å². The maximum atomic E-state index is 14.1. The molecule has 1 amide bonds. The summed E-state index contributed by atoms with van der Waals surface area (Å²) in [7, 11) is 0. The minimum Gasteiger partial charge on any atom is -0.480 e. The average Bonchev–Trinajstić information content (AvgIpc) is 2.59. The molecule has 3 fully saturated rings. The van der Waals surface area contributed by atoms with E-state index in [2.05, 4.69) is 5.32 Å². The summed E-state index contributed by atoms with van der Waals surface area (Å²) in [5.41, 5.74) is 0.104. The van der Waals surface area contributed by atoms with Crippen LogP contribution in [0.2, 0.25) is 0 Å². The van der Waals surface area contributed by atoms with Crippen molar-refractivity contribution in [1.29, 1.82) is 0 Å². The van der Waals surface area contributed by atoms with Crippen LogP contribution in [-0.4, -0.2) is 23.2 Å². The van der Waals surface area contributed by atoms with Crippen molar-refractivity contribution in [2.24, 2.45) is 5.41 Å². The highest BCUT2D eigenvalue weighted by molar-refractivity contribution is 5.82. The van der Waals surface area contributed by atoms with Gasteiger partial charge in [0.25, 0.3) is 0 Å². The summed E-state index contributed by atoms with van der Waals surface area (Å²) in [6.07, 6.45) is 0.484. The van der Waals surface area contributed by atoms with Gasteiger partial charge in [-0.15, -0.1) is 0 Å². The van der Waals surface area contributed by atoms with Crippen LogP contribution in [0.15, 0.2) is 48.5 Å². The van der Waals surface area contributed by atoms with E-state index in [1.54, 1.807) is 12.1 Å². The van der Waals surface area contributed by atoms with Crippen LogP contribution >= 0.6 is 0 Å². The van der Waals surface area contributed by atoms with Crippen LogP contribution in [0.1, 0.15) is 30.4 Å². The number of carboxylic acid groups (broad SMARTS) is 1. The van der Waals surface area contributed by atoms with Gasteiger partial charge in [0, 0.05) is 16.9 Å². The Morgan fingerprint density at radius 3 is 2.39 bits per heavy atom. The van der Waals surface area contributed by atoms with Crippen molar-refractivity contribution < 1.29 is 28.2 Å². The van der Waals surface area contributed by atoms with Crippen LogP contribution in [0.3, 0.4) is 0 Å². The summed E-state index contributed by atoms with van der Waals surface area (Å²) in [5, 5.41) is 12.0. The van der Waals surface area contributed by atoms with Crippen LogP contribution in [0, 0.1) is 17.0 Å². The van der Waals surface area contributed by atoms with Crippen LogP contribution in [0.4, 0.5) is 13.6 Å². The number of amides is 1. The lowest BCUT2D eigenvalue weighted by atomic mass is 9.31. The van der Waals surface area contributed by atoms with Crippen molar-refractivity contribution >= 4 is 12.1 Å². The molecule has 0 spiro atoms. The van der Waals surface area contributed by atoms with Gasteiger partial charge < -0.3 is 15.2 Å².